The highest BCUT2D eigenvalue weighted by Gasteiger charge is 2.26. The Morgan fingerprint density at radius 2 is 1.85 bits per heavy atom. The van der Waals surface area contributed by atoms with Crippen molar-refractivity contribution in [1.29, 1.82) is 0 Å². The molecule has 1 aliphatic rings. The summed E-state index contributed by atoms with van der Waals surface area (Å²) in [5.74, 6) is 0.708. The van der Waals surface area contributed by atoms with Gasteiger partial charge in [-0.2, -0.15) is 0 Å². The van der Waals surface area contributed by atoms with Gasteiger partial charge in [0, 0.05) is 24.7 Å². The van der Waals surface area contributed by atoms with Crippen LogP contribution >= 0.6 is 0 Å². The molecule has 0 saturated carbocycles. The van der Waals surface area contributed by atoms with E-state index in [1.807, 2.05) is 12.1 Å². The summed E-state index contributed by atoms with van der Waals surface area (Å²) >= 11 is 0. The van der Waals surface area contributed by atoms with Crippen LogP contribution < -0.4 is 5.73 Å². The number of nitrogens with two attached hydrogens (primary N) is 1. The average molecular weight is 266 g/mol. The normalized spacial score (nSPS) is 16.8. The molecule has 0 spiro atoms. The molecule has 0 aliphatic heterocycles. The Hall–Kier alpha value is -1.80. The molecule has 104 valence electrons. The zero-order valence-corrected chi connectivity index (χ0v) is 12.0. The summed E-state index contributed by atoms with van der Waals surface area (Å²) in [6.07, 6.45) is 1.23. The van der Waals surface area contributed by atoms with E-state index >= 15 is 0 Å². The number of fused-ring (bicyclic) bond motifs is 1. The van der Waals surface area contributed by atoms with Crippen LogP contribution in [0.4, 0.5) is 5.69 Å². The van der Waals surface area contributed by atoms with Gasteiger partial charge in [-0.25, -0.2) is 0 Å². The fourth-order valence-electron chi connectivity index (χ4n) is 3.02. The van der Waals surface area contributed by atoms with Gasteiger partial charge in [-0.05, 0) is 41.8 Å². The molecule has 20 heavy (non-hydrogen) atoms. The Balaban J connectivity index is 1.62. The van der Waals surface area contributed by atoms with Gasteiger partial charge < -0.3 is 5.73 Å². The van der Waals surface area contributed by atoms with Crippen molar-refractivity contribution in [2.45, 2.75) is 25.8 Å². The Morgan fingerprint density at radius 1 is 1.10 bits per heavy atom. The first-order chi connectivity index (χ1) is 9.76. The van der Waals surface area contributed by atoms with Gasteiger partial charge in [-0.3, -0.25) is 4.90 Å². The second-order valence-corrected chi connectivity index (χ2v) is 5.67. The number of nitrogens with zero attached hydrogens (tertiary/aromatic N) is 1. The van der Waals surface area contributed by atoms with Crippen molar-refractivity contribution < 1.29 is 0 Å². The number of rotatable bonds is 5. The molecule has 0 amide bonds. The molecule has 2 nitrogen and oxygen atoms in total. The molecule has 0 fully saturated rings. The second-order valence-electron chi connectivity index (χ2n) is 5.67. The first kappa shape index (κ1) is 13.2. The molecule has 2 heteroatoms. The summed E-state index contributed by atoms with van der Waals surface area (Å²) in [6, 6.07) is 17.1. The molecule has 1 aliphatic carbocycles. The van der Waals surface area contributed by atoms with Crippen LogP contribution in [0.2, 0.25) is 0 Å². The topological polar surface area (TPSA) is 29.3 Å². The molecule has 2 aromatic carbocycles. The van der Waals surface area contributed by atoms with Crippen molar-refractivity contribution in [1.82, 2.24) is 4.90 Å². The SMILES string of the molecule is CCN(Cc1ccc(N)cc1)CC1Cc2ccccc21. The molecule has 0 aromatic heterocycles. The molecule has 2 N–H and O–H groups in total. The quantitative estimate of drug-likeness (QED) is 0.840. The lowest BCUT2D eigenvalue weighted by Crippen LogP contribution is -2.33. The Bertz CT molecular complexity index is 574. The van der Waals surface area contributed by atoms with Gasteiger partial charge in [-0.15, -0.1) is 0 Å². The van der Waals surface area contributed by atoms with E-state index in [2.05, 4.69) is 48.2 Å². The smallest absolute Gasteiger partial charge is 0.0314 e. The largest absolute Gasteiger partial charge is 0.399 e. The number of likely N-dealkylation sites (N-methyl/N-ethyl adjacent to an activating group) is 1. The molecule has 2 aromatic rings. The molecule has 3 rings (SSSR count). The van der Waals surface area contributed by atoms with Gasteiger partial charge in [0.25, 0.3) is 0 Å². The molecule has 0 heterocycles. The third kappa shape index (κ3) is 2.70. The van der Waals surface area contributed by atoms with E-state index in [9.17, 15) is 0 Å². The molecule has 1 atom stereocenters. The van der Waals surface area contributed by atoms with Gasteiger partial charge in [-0.1, -0.05) is 43.3 Å². The van der Waals surface area contributed by atoms with Gasteiger partial charge >= 0.3 is 0 Å². The predicted octanol–water partition coefficient (Wildman–Crippen LogP) is 3.43. The van der Waals surface area contributed by atoms with Crippen LogP contribution in [-0.2, 0) is 13.0 Å². The maximum absolute atomic E-state index is 5.74. The van der Waals surface area contributed by atoms with E-state index in [4.69, 9.17) is 5.73 Å². The van der Waals surface area contributed by atoms with Crippen molar-refractivity contribution in [3.63, 3.8) is 0 Å². The first-order valence-corrected chi connectivity index (χ1v) is 7.41. The zero-order chi connectivity index (χ0) is 13.9. The summed E-state index contributed by atoms with van der Waals surface area (Å²) in [6.45, 7) is 5.48. The molecule has 0 saturated heterocycles. The van der Waals surface area contributed by atoms with Crippen LogP contribution in [0.15, 0.2) is 48.5 Å². The Kier molecular flexibility index (Phi) is 3.75. The molecular weight excluding hydrogens is 244 g/mol. The number of hydrogen-bond donors (Lipinski definition) is 1. The molecular formula is C18H22N2. The molecule has 0 radical (unpaired) electrons. The van der Waals surface area contributed by atoms with Crippen molar-refractivity contribution in [3.05, 3.63) is 65.2 Å². The molecule has 1 unspecified atom stereocenters. The summed E-state index contributed by atoms with van der Waals surface area (Å²) in [5, 5.41) is 0. The maximum Gasteiger partial charge on any atom is 0.0314 e. The van der Waals surface area contributed by atoms with Gasteiger partial charge in [0.05, 0.1) is 0 Å². The number of hydrogen-bond acceptors (Lipinski definition) is 2. The zero-order valence-electron chi connectivity index (χ0n) is 12.0. The number of anilines is 1. The summed E-state index contributed by atoms with van der Waals surface area (Å²) < 4.78 is 0. The van der Waals surface area contributed by atoms with E-state index in [0.29, 0.717) is 5.92 Å². The van der Waals surface area contributed by atoms with Crippen LogP contribution in [-0.4, -0.2) is 18.0 Å². The van der Waals surface area contributed by atoms with Crippen molar-refractivity contribution in [3.8, 4) is 0 Å². The minimum absolute atomic E-state index is 0.708. The highest BCUT2D eigenvalue weighted by Crippen LogP contribution is 2.35. The highest BCUT2D eigenvalue weighted by atomic mass is 15.1. The summed E-state index contributed by atoms with van der Waals surface area (Å²) in [7, 11) is 0. The van der Waals surface area contributed by atoms with Gasteiger partial charge in [0.2, 0.25) is 0 Å². The van der Waals surface area contributed by atoms with E-state index in [0.717, 1.165) is 25.3 Å². The molecule has 0 bridgehead atoms. The van der Waals surface area contributed by atoms with Gasteiger partial charge in [0.15, 0.2) is 0 Å². The van der Waals surface area contributed by atoms with Crippen LogP contribution in [0, 0.1) is 0 Å². The van der Waals surface area contributed by atoms with Crippen molar-refractivity contribution in [2.24, 2.45) is 0 Å². The minimum Gasteiger partial charge on any atom is -0.399 e. The van der Waals surface area contributed by atoms with Crippen LogP contribution in [0.5, 0.6) is 0 Å². The number of nitrogen functional groups attached to an aromatic ring is 1. The lowest BCUT2D eigenvalue weighted by molar-refractivity contribution is 0.252. The standard InChI is InChI=1S/C18H22N2/c1-2-20(12-14-7-9-17(19)10-8-14)13-16-11-15-5-3-4-6-18(15)16/h3-10,16H,2,11-13,19H2,1H3. The van der Waals surface area contributed by atoms with Crippen LogP contribution in [0.1, 0.15) is 29.5 Å². The highest BCUT2D eigenvalue weighted by molar-refractivity contribution is 5.41. The first-order valence-electron chi connectivity index (χ1n) is 7.41. The Labute approximate surface area is 121 Å². The lowest BCUT2D eigenvalue weighted by atomic mass is 9.77. The Morgan fingerprint density at radius 3 is 2.55 bits per heavy atom. The van der Waals surface area contributed by atoms with Crippen LogP contribution in [0.3, 0.4) is 0 Å². The fraction of sp³-hybridized carbons (Fsp3) is 0.333. The fourth-order valence-corrected chi connectivity index (χ4v) is 3.02. The predicted molar refractivity (Wildman–Crippen MR) is 84.7 cm³/mol. The minimum atomic E-state index is 0.708. The third-order valence-corrected chi connectivity index (χ3v) is 4.27. The number of benzene rings is 2. The third-order valence-electron chi connectivity index (χ3n) is 4.27. The lowest BCUT2D eigenvalue weighted by Gasteiger charge is -2.34. The van der Waals surface area contributed by atoms with Crippen LogP contribution in [0.25, 0.3) is 0 Å². The summed E-state index contributed by atoms with van der Waals surface area (Å²) in [4.78, 5) is 2.52. The van der Waals surface area contributed by atoms with E-state index in [-0.39, 0.29) is 0 Å². The van der Waals surface area contributed by atoms with E-state index < -0.39 is 0 Å². The monoisotopic (exact) mass is 266 g/mol. The summed E-state index contributed by atoms with van der Waals surface area (Å²) in [5.41, 5.74) is 11.0. The van der Waals surface area contributed by atoms with Crippen molar-refractivity contribution in [2.75, 3.05) is 18.8 Å². The van der Waals surface area contributed by atoms with Crippen molar-refractivity contribution >= 4 is 5.69 Å². The maximum atomic E-state index is 5.74. The van der Waals surface area contributed by atoms with E-state index in [1.54, 1.807) is 5.56 Å². The van der Waals surface area contributed by atoms with E-state index in [1.165, 1.54) is 17.5 Å². The second kappa shape index (κ2) is 5.68. The average Bonchev–Trinajstić information content (AvgIpc) is 2.45. The van der Waals surface area contributed by atoms with Gasteiger partial charge in [0.1, 0.15) is 0 Å².